The molecule has 0 bridgehead atoms. The zero-order valence-electron chi connectivity index (χ0n) is 13.9. The molecule has 3 aromatic heterocycles. The van der Waals surface area contributed by atoms with Gasteiger partial charge in [-0.2, -0.15) is 0 Å². The molecule has 6 heteroatoms. The lowest BCUT2D eigenvalue weighted by molar-refractivity contribution is 0.0795. The highest BCUT2D eigenvalue weighted by atomic mass is 32.1. The van der Waals surface area contributed by atoms with Gasteiger partial charge in [0, 0.05) is 36.6 Å². The molecule has 1 aliphatic rings. The van der Waals surface area contributed by atoms with Crippen molar-refractivity contribution in [3.63, 3.8) is 0 Å². The largest absolute Gasteiger partial charge is 0.337 e. The fourth-order valence-electron chi connectivity index (χ4n) is 3.46. The maximum atomic E-state index is 12.7. The molecule has 0 aromatic carbocycles. The van der Waals surface area contributed by atoms with Crippen LogP contribution in [0.15, 0.2) is 30.5 Å². The first-order valence-corrected chi connectivity index (χ1v) is 9.16. The lowest BCUT2D eigenvalue weighted by atomic mass is 10.1. The maximum absolute atomic E-state index is 12.7. The van der Waals surface area contributed by atoms with E-state index in [1.165, 1.54) is 4.88 Å². The molecule has 0 radical (unpaired) electrons. The number of pyridine rings is 1. The lowest BCUT2D eigenvalue weighted by Gasteiger charge is -2.16. The number of rotatable bonds is 3. The number of likely N-dealkylation sites (tertiary alicyclic amines) is 1. The molecule has 124 valence electrons. The highest BCUT2D eigenvalue weighted by Crippen LogP contribution is 2.30. The van der Waals surface area contributed by atoms with Crippen molar-refractivity contribution in [2.24, 2.45) is 0 Å². The van der Waals surface area contributed by atoms with Crippen LogP contribution in [-0.2, 0) is 6.54 Å². The molecule has 3 aromatic rings. The summed E-state index contributed by atoms with van der Waals surface area (Å²) in [6.45, 7) is 6.52. The fourth-order valence-corrected chi connectivity index (χ4v) is 4.30. The molecule has 1 fully saturated rings. The molecule has 5 nitrogen and oxygen atoms in total. The van der Waals surface area contributed by atoms with Crippen molar-refractivity contribution in [2.45, 2.75) is 32.7 Å². The van der Waals surface area contributed by atoms with Gasteiger partial charge in [0.2, 0.25) is 0 Å². The van der Waals surface area contributed by atoms with Gasteiger partial charge >= 0.3 is 0 Å². The Balaban J connectivity index is 1.60. The third kappa shape index (κ3) is 2.51. The number of carbonyl (C=O) groups excluding carboxylic acids is 1. The van der Waals surface area contributed by atoms with Crippen LogP contribution in [0.2, 0.25) is 0 Å². The van der Waals surface area contributed by atoms with Crippen LogP contribution in [0.1, 0.15) is 39.6 Å². The van der Waals surface area contributed by atoms with Crippen LogP contribution in [0.5, 0.6) is 0 Å². The third-order valence-corrected chi connectivity index (χ3v) is 5.63. The van der Waals surface area contributed by atoms with Crippen LogP contribution in [-0.4, -0.2) is 38.4 Å². The van der Waals surface area contributed by atoms with Gasteiger partial charge in [0.05, 0.1) is 4.88 Å². The highest BCUT2D eigenvalue weighted by molar-refractivity contribution is 7.13. The topological polar surface area (TPSA) is 51.0 Å². The third-order valence-electron chi connectivity index (χ3n) is 4.64. The Hall–Kier alpha value is -2.21. The maximum Gasteiger partial charge on any atom is 0.263 e. The van der Waals surface area contributed by atoms with E-state index in [-0.39, 0.29) is 11.8 Å². The van der Waals surface area contributed by atoms with E-state index >= 15 is 0 Å². The number of aromatic nitrogens is 3. The Bertz CT molecular complexity index is 897. The lowest BCUT2D eigenvalue weighted by Crippen LogP contribution is -2.28. The smallest absolute Gasteiger partial charge is 0.263 e. The molecule has 0 aliphatic carbocycles. The Morgan fingerprint density at radius 1 is 1.38 bits per heavy atom. The van der Waals surface area contributed by atoms with E-state index in [9.17, 15) is 4.79 Å². The summed E-state index contributed by atoms with van der Waals surface area (Å²) in [5, 5.41) is 0. The molecule has 0 N–H and O–H groups in total. The predicted molar refractivity (Wildman–Crippen MR) is 95.5 cm³/mol. The summed E-state index contributed by atoms with van der Waals surface area (Å²) in [7, 11) is 0. The Morgan fingerprint density at radius 2 is 2.25 bits per heavy atom. The predicted octanol–water partition coefficient (Wildman–Crippen LogP) is 3.45. The second kappa shape index (κ2) is 6.02. The number of amides is 1. The first kappa shape index (κ1) is 15.3. The van der Waals surface area contributed by atoms with Crippen LogP contribution < -0.4 is 0 Å². The van der Waals surface area contributed by atoms with E-state index in [0.717, 1.165) is 47.9 Å². The molecule has 4 rings (SSSR count). The van der Waals surface area contributed by atoms with Crippen molar-refractivity contribution in [1.29, 1.82) is 0 Å². The molecule has 0 spiro atoms. The Morgan fingerprint density at radius 3 is 3.00 bits per heavy atom. The van der Waals surface area contributed by atoms with Crippen LogP contribution in [0.3, 0.4) is 0 Å². The first-order chi connectivity index (χ1) is 11.7. The summed E-state index contributed by atoms with van der Waals surface area (Å²) in [5.41, 5.74) is 1.88. The quantitative estimate of drug-likeness (QED) is 0.734. The summed E-state index contributed by atoms with van der Waals surface area (Å²) in [6, 6.07) is 7.86. The van der Waals surface area contributed by atoms with Gasteiger partial charge in [0.15, 0.2) is 5.65 Å². The summed E-state index contributed by atoms with van der Waals surface area (Å²) >= 11 is 1.57. The second-order valence-corrected chi connectivity index (χ2v) is 7.50. The van der Waals surface area contributed by atoms with Crippen molar-refractivity contribution in [2.75, 3.05) is 13.1 Å². The number of hydrogen-bond acceptors (Lipinski definition) is 4. The molecule has 1 atom stereocenters. The summed E-state index contributed by atoms with van der Waals surface area (Å²) < 4.78 is 2.18. The molecule has 0 saturated carbocycles. The van der Waals surface area contributed by atoms with Gasteiger partial charge in [-0.15, -0.1) is 11.3 Å². The Labute approximate surface area is 145 Å². The van der Waals surface area contributed by atoms with Gasteiger partial charge in [-0.25, -0.2) is 9.97 Å². The monoisotopic (exact) mass is 340 g/mol. The van der Waals surface area contributed by atoms with Crippen molar-refractivity contribution >= 4 is 28.4 Å². The highest BCUT2D eigenvalue weighted by Gasteiger charge is 2.31. The van der Waals surface area contributed by atoms with Crippen LogP contribution in [0.4, 0.5) is 0 Å². The van der Waals surface area contributed by atoms with E-state index in [2.05, 4.69) is 16.5 Å². The van der Waals surface area contributed by atoms with E-state index in [1.807, 2.05) is 42.3 Å². The molecule has 1 aliphatic heterocycles. The van der Waals surface area contributed by atoms with E-state index in [0.29, 0.717) is 0 Å². The van der Waals surface area contributed by atoms with Gasteiger partial charge in [-0.05, 0) is 44.5 Å². The molecule has 0 unspecified atom stereocenters. The summed E-state index contributed by atoms with van der Waals surface area (Å²) in [5.74, 6) is 1.49. The second-order valence-electron chi connectivity index (χ2n) is 6.21. The molecule has 4 heterocycles. The van der Waals surface area contributed by atoms with E-state index < -0.39 is 0 Å². The molecular formula is C18H20N4OS. The molecule has 1 saturated heterocycles. The van der Waals surface area contributed by atoms with Gasteiger partial charge in [-0.3, -0.25) is 4.79 Å². The van der Waals surface area contributed by atoms with Crippen molar-refractivity contribution in [1.82, 2.24) is 19.4 Å². The average molecular weight is 340 g/mol. The Kier molecular flexibility index (Phi) is 3.84. The first-order valence-electron chi connectivity index (χ1n) is 8.34. The van der Waals surface area contributed by atoms with E-state index in [1.54, 1.807) is 11.3 Å². The number of fused-ring (bicyclic) bond motifs is 1. The van der Waals surface area contributed by atoms with Gasteiger partial charge < -0.3 is 9.47 Å². The zero-order valence-corrected chi connectivity index (χ0v) is 14.7. The normalized spacial score (nSPS) is 17.8. The van der Waals surface area contributed by atoms with Crippen LogP contribution >= 0.6 is 11.3 Å². The van der Waals surface area contributed by atoms with Crippen LogP contribution in [0.25, 0.3) is 11.2 Å². The van der Waals surface area contributed by atoms with Gasteiger partial charge in [-0.1, -0.05) is 0 Å². The van der Waals surface area contributed by atoms with Gasteiger partial charge in [0.25, 0.3) is 5.91 Å². The van der Waals surface area contributed by atoms with E-state index in [4.69, 9.17) is 4.98 Å². The minimum Gasteiger partial charge on any atom is -0.337 e. The van der Waals surface area contributed by atoms with Crippen molar-refractivity contribution in [3.8, 4) is 0 Å². The SMILES string of the molecule is CCn1c([C@H]2CCN(C(=O)c3ccc(C)s3)C2)nc2cccnc21. The average Bonchev–Trinajstić information content (AvgIpc) is 3.31. The molecule has 24 heavy (non-hydrogen) atoms. The number of aryl methyl sites for hydroxylation is 2. The number of carbonyl (C=O) groups is 1. The van der Waals surface area contributed by atoms with Crippen molar-refractivity contribution in [3.05, 3.63) is 46.0 Å². The van der Waals surface area contributed by atoms with Crippen LogP contribution in [0, 0.1) is 6.92 Å². The number of thiophene rings is 1. The standard InChI is InChI=1S/C18H20N4OS/c1-3-22-16(20-14-5-4-9-19-17(14)22)13-8-10-21(11-13)18(23)15-7-6-12(2)24-15/h4-7,9,13H,3,8,10-11H2,1-2H3/t13-/m0/s1. The van der Waals surface area contributed by atoms with Gasteiger partial charge in [0.1, 0.15) is 11.3 Å². The molecular weight excluding hydrogens is 320 g/mol. The minimum absolute atomic E-state index is 0.146. The summed E-state index contributed by atoms with van der Waals surface area (Å²) in [6.07, 6.45) is 2.77. The number of hydrogen-bond donors (Lipinski definition) is 0. The number of nitrogens with zero attached hydrogens (tertiary/aromatic N) is 4. The zero-order chi connectivity index (χ0) is 16.7. The molecule has 1 amide bonds. The minimum atomic E-state index is 0.146. The number of imidazole rings is 1. The summed E-state index contributed by atoms with van der Waals surface area (Å²) in [4.78, 5) is 25.9. The fraction of sp³-hybridized carbons (Fsp3) is 0.389. The van der Waals surface area contributed by atoms with Crippen molar-refractivity contribution < 1.29 is 4.79 Å².